The highest BCUT2D eigenvalue weighted by atomic mass is 79.9. The molecule has 0 aliphatic rings. The van der Waals surface area contributed by atoms with Gasteiger partial charge in [-0.3, -0.25) is 4.79 Å². The lowest BCUT2D eigenvalue weighted by Gasteiger charge is -2.10. The zero-order valence-electron chi connectivity index (χ0n) is 8.77. The van der Waals surface area contributed by atoms with Crippen LogP contribution in [0.3, 0.4) is 0 Å². The number of carbonyl (C=O) groups is 1. The van der Waals surface area contributed by atoms with Crippen molar-refractivity contribution in [1.82, 2.24) is 5.32 Å². The third kappa shape index (κ3) is 3.96. The number of rotatable bonds is 4. The standard InChI is InChI=1S/C11H12BrCl2NO/c1-7(5-13)6-15-11(16)9-4-8(14)2-3-10(9)12/h2-4,7H,5-6H2,1H3,(H,15,16). The van der Waals surface area contributed by atoms with E-state index in [-0.39, 0.29) is 11.8 Å². The normalized spacial score (nSPS) is 12.2. The number of alkyl halides is 1. The minimum atomic E-state index is -0.147. The van der Waals surface area contributed by atoms with Crippen molar-refractivity contribution in [2.75, 3.05) is 12.4 Å². The molecule has 1 unspecified atom stereocenters. The smallest absolute Gasteiger partial charge is 0.252 e. The van der Waals surface area contributed by atoms with Crippen molar-refractivity contribution < 1.29 is 4.79 Å². The SMILES string of the molecule is CC(CCl)CNC(=O)c1cc(Cl)ccc1Br. The lowest BCUT2D eigenvalue weighted by Crippen LogP contribution is -2.29. The average molecular weight is 325 g/mol. The summed E-state index contributed by atoms with van der Waals surface area (Å²) in [4.78, 5) is 11.8. The molecule has 16 heavy (non-hydrogen) atoms. The largest absolute Gasteiger partial charge is 0.352 e. The zero-order valence-corrected chi connectivity index (χ0v) is 11.9. The highest BCUT2D eigenvalue weighted by molar-refractivity contribution is 9.10. The van der Waals surface area contributed by atoms with E-state index in [2.05, 4.69) is 21.2 Å². The summed E-state index contributed by atoms with van der Waals surface area (Å²) in [6.07, 6.45) is 0. The summed E-state index contributed by atoms with van der Waals surface area (Å²) in [6.45, 7) is 2.53. The Bertz CT molecular complexity index is 384. The van der Waals surface area contributed by atoms with Gasteiger partial charge in [-0.1, -0.05) is 18.5 Å². The number of hydrogen-bond donors (Lipinski definition) is 1. The summed E-state index contributed by atoms with van der Waals surface area (Å²) >= 11 is 14.8. The van der Waals surface area contributed by atoms with Crippen LogP contribution in [0, 0.1) is 5.92 Å². The van der Waals surface area contributed by atoms with E-state index in [9.17, 15) is 4.79 Å². The first-order valence-corrected chi connectivity index (χ1v) is 6.54. The van der Waals surface area contributed by atoms with Crippen LogP contribution in [0.5, 0.6) is 0 Å². The molecule has 0 radical (unpaired) electrons. The maximum absolute atomic E-state index is 11.8. The molecular weight excluding hydrogens is 313 g/mol. The number of benzene rings is 1. The van der Waals surface area contributed by atoms with Crippen molar-refractivity contribution in [3.05, 3.63) is 33.3 Å². The molecule has 5 heteroatoms. The van der Waals surface area contributed by atoms with Crippen LogP contribution >= 0.6 is 39.1 Å². The quantitative estimate of drug-likeness (QED) is 0.840. The van der Waals surface area contributed by atoms with Crippen LogP contribution in [-0.2, 0) is 0 Å². The minimum Gasteiger partial charge on any atom is -0.352 e. The lowest BCUT2D eigenvalue weighted by molar-refractivity contribution is 0.0948. The summed E-state index contributed by atoms with van der Waals surface area (Å²) < 4.78 is 0.730. The van der Waals surface area contributed by atoms with Gasteiger partial charge >= 0.3 is 0 Å². The van der Waals surface area contributed by atoms with Gasteiger partial charge in [0.1, 0.15) is 0 Å². The molecule has 1 aromatic carbocycles. The van der Waals surface area contributed by atoms with Gasteiger partial charge in [0.2, 0.25) is 0 Å². The third-order valence-electron chi connectivity index (χ3n) is 2.05. The van der Waals surface area contributed by atoms with Gasteiger partial charge in [-0.2, -0.15) is 0 Å². The maximum Gasteiger partial charge on any atom is 0.252 e. The molecule has 1 amide bonds. The van der Waals surface area contributed by atoms with Crippen LogP contribution in [0.15, 0.2) is 22.7 Å². The van der Waals surface area contributed by atoms with Crippen molar-refractivity contribution in [3.8, 4) is 0 Å². The Morgan fingerprint density at radius 1 is 1.56 bits per heavy atom. The van der Waals surface area contributed by atoms with Crippen LogP contribution in [0.4, 0.5) is 0 Å². The van der Waals surface area contributed by atoms with Gasteiger partial charge in [-0.15, -0.1) is 11.6 Å². The van der Waals surface area contributed by atoms with E-state index in [0.29, 0.717) is 23.0 Å². The zero-order chi connectivity index (χ0) is 12.1. The highest BCUT2D eigenvalue weighted by Gasteiger charge is 2.11. The molecule has 1 rings (SSSR count). The molecule has 0 fully saturated rings. The van der Waals surface area contributed by atoms with Gasteiger partial charge in [0.25, 0.3) is 5.91 Å². The molecule has 0 bridgehead atoms. The van der Waals surface area contributed by atoms with Crippen molar-refractivity contribution >= 4 is 45.0 Å². The Kier molecular flexibility index (Phi) is 5.59. The van der Waals surface area contributed by atoms with Crippen molar-refractivity contribution in [3.63, 3.8) is 0 Å². The van der Waals surface area contributed by atoms with Gasteiger partial charge in [0.15, 0.2) is 0 Å². The Morgan fingerprint density at radius 3 is 2.88 bits per heavy atom. The van der Waals surface area contributed by atoms with Gasteiger partial charge in [-0.25, -0.2) is 0 Å². The number of nitrogens with one attached hydrogen (secondary N) is 1. The Hall–Kier alpha value is -0.250. The number of carbonyl (C=O) groups excluding carboxylic acids is 1. The van der Waals surface area contributed by atoms with Crippen molar-refractivity contribution in [2.45, 2.75) is 6.92 Å². The molecule has 0 saturated heterocycles. The van der Waals surface area contributed by atoms with E-state index in [1.165, 1.54) is 0 Å². The molecule has 0 aliphatic heterocycles. The first kappa shape index (κ1) is 13.8. The molecule has 1 atom stereocenters. The fraction of sp³-hybridized carbons (Fsp3) is 0.364. The average Bonchev–Trinajstić information content (AvgIpc) is 2.28. The van der Waals surface area contributed by atoms with Crippen molar-refractivity contribution in [1.29, 1.82) is 0 Å². The third-order valence-corrected chi connectivity index (χ3v) is 3.50. The van der Waals surface area contributed by atoms with E-state index in [1.807, 2.05) is 6.92 Å². The van der Waals surface area contributed by atoms with E-state index < -0.39 is 0 Å². The summed E-state index contributed by atoms with van der Waals surface area (Å²) in [5.74, 6) is 0.631. The van der Waals surface area contributed by atoms with Crippen LogP contribution < -0.4 is 5.32 Å². The molecule has 0 spiro atoms. The highest BCUT2D eigenvalue weighted by Crippen LogP contribution is 2.21. The molecule has 0 aliphatic carbocycles. The van der Waals surface area contributed by atoms with E-state index in [0.717, 1.165) is 4.47 Å². The van der Waals surface area contributed by atoms with Gasteiger partial charge in [0, 0.05) is 21.9 Å². The maximum atomic E-state index is 11.8. The second kappa shape index (κ2) is 6.48. The van der Waals surface area contributed by atoms with Crippen LogP contribution in [0.25, 0.3) is 0 Å². The fourth-order valence-electron chi connectivity index (χ4n) is 1.09. The van der Waals surface area contributed by atoms with Crippen LogP contribution in [0.2, 0.25) is 5.02 Å². The Balaban J connectivity index is 2.69. The fourth-order valence-corrected chi connectivity index (χ4v) is 1.80. The van der Waals surface area contributed by atoms with Gasteiger partial charge in [0.05, 0.1) is 5.56 Å². The summed E-state index contributed by atoms with van der Waals surface area (Å²) in [6, 6.07) is 5.11. The van der Waals surface area contributed by atoms with Crippen LogP contribution in [0.1, 0.15) is 17.3 Å². The van der Waals surface area contributed by atoms with E-state index in [1.54, 1.807) is 18.2 Å². The number of amides is 1. The molecular formula is C11H12BrCl2NO. The molecule has 0 heterocycles. The van der Waals surface area contributed by atoms with Crippen LogP contribution in [-0.4, -0.2) is 18.3 Å². The molecule has 88 valence electrons. The summed E-state index contributed by atoms with van der Waals surface area (Å²) in [5, 5.41) is 3.35. The second-order valence-electron chi connectivity index (χ2n) is 3.59. The van der Waals surface area contributed by atoms with Gasteiger partial charge < -0.3 is 5.32 Å². The van der Waals surface area contributed by atoms with Gasteiger partial charge in [-0.05, 0) is 40.0 Å². The van der Waals surface area contributed by atoms with E-state index in [4.69, 9.17) is 23.2 Å². The number of hydrogen-bond acceptors (Lipinski definition) is 1. The molecule has 0 aromatic heterocycles. The monoisotopic (exact) mass is 323 g/mol. The van der Waals surface area contributed by atoms with Crippen molar-refractivity contribution in [2.24, 2.45) is 5.92 Å². The second-order valence-corrected chi connectivity index (χ2v) is 5.19. The first-order chi connectivity index (χ1) is 7.54. The topological polar surface area (TPSA) is 29.1 Å². The Labute approximate surface area is 113 Å². The molecule has 1 aromatic rings. The molecule has 2 nitrogen and oxygen atoms in total. The first-order valence-electron chi connectivity index (χ1n) is 4.83. The minimum absolute atomic E-state index is 0.147. The summed E-state index contributed by atoms with van der Waals surface area (Å²) in [5.41, 5.74) is 0.536. The summed E-state index contributed by atoms with van der Waals surface area (Å²) in [7, 11) is 0. The predicted molar refractivity (Wildman–Crippen MR) is 71.4 cm³/mol. The predicted octanol–water partition coefficient (Wildman–Crippen LogP) is 3.71. The van der Waals surface area contributed by atoms with E-state index >= 15 is 0 Å². The lowest BCUT2D eigenvalue weighted by atomic mass is 10.2. The molecule has 0 saturated carbocycles. The Morgan fingerprint density at radius 2 is 2.25 bits per heavy atom. The number of halogens is 3. The molecule has 1 N–H and O–H groups in total.